The number of thiophene rings is 1. The summed E-state index contributed by atoms with van der Waals surface area (Å²) >= 11 is 8.49. The Labute approximate surface area is 176 Å². The van der Waals surface area contributed by atoms with E-state index < -0.39 is 0 Å². The Balaban J connectivity index is 1.66. The van der Waals surface area contributed by atoms with Gasteiger partial charge in [0.25, 0.3) is 5.56 Å². The molecule has 2 N–H and O–H groups in total. The van der Waals surface area contributed by atoms with E-state index >= 15 is 0 Å². The summed E-state index contributed by atoms with van der Waals surface area (Å²) < 4.78 is 6.61. The van der Waals surface area contributed by atoms with Crippen LogP contribution >= 0.6 is 35.3 Å². The minimum absolute atomic E-state index is 0.0902. The summed E-state index contributed by atoms with van der Waals surface area (Å²) in [4.78, 5) is 20.1. The van der Waals surface area contributed by atoms with Gasteiger partial charge < -0.3 is 10.1 Å². The molecule has 3 aromatic rings. The predicted octanol–water partition coefficient (Wildman–Crippen LogP) is 4.01. The van der Waals surface area contributed by atoms with E-state index in [2.05, 4.69) is 10.7 Å². The van der Waals surface area contributed by atoms with Crippen molar-refractivity contribution in [3.63, 3.8) is 0 Å². The van der Waals surface area contributed by atoms with Gasteiger partial charge in [0.2, 0.25) is 0 Å². The van der Waals surface area contributed by atoms with E-state index in [1.807, 2.05) is 30.5 Å². The first-order chi connectivity index (χ1) is 13.6. The zero-order valence-electron chi connectivity index (χ0n) is 15.6. The maximum absolute atomic E-state index is 13.3. The number of aryl methyl sites for hydroxylation is 2. The molecule has 0 fully saturated rings. The number of nitrogens with one attached hydrogen (secondary N) is 2. The number of fused-ring (bicyclic) bond motifs is 3. The van der Waals surface area contributed by atoms with Crippen LogP contribution in [0.5, 0.6) is 5.75 Å². The van der Waals surface area contributed by atoms with E-state index in [1.54, 1.807) is 18.4 Å². The van der Waals surface area contributed by atoms with Crippen LogP contribution in [-0.4, -0.2) is 28.1 Å². The van der Waals surface area contributed by atoms with Gasteiger partial charge in [-0.25, -0.2) is 4.98 Å². The number of benzene rings is 1. The van der Waals surface area contributed by atoms with E-state index in [1.165, 1.54) is 33.3 Å². The normalized spacial score (nSPS) is 13.2. The van der Waals surface area contributed by atoms with Crippen LogP contribution in [0.15, 0.2) is 34.2 Å². The highest BCUT2D eigenvalue weighted by Crippen LogP contribution is 2.34. The van der Waals surface area contributed by atoms with Crippen molar-refractivity contribution in [3.05, 3.63) is 45.1 Å². The fraction of sp³-hybridized carbons (Fsp3) is 0.316. The summed E-state index contributed by atoms with van der Waals surface area (Å²) in [6, 6.07) is 7.41. The van der Waals surface area contributed by atoms with E-state index in [0.29, 0.717) is 10.3 Å². The van der Waals surface area contributed by atoms with Crippen molar-refractivity contribution >= 4 is 56.3 Å². The van der Waals surface area contributed by atoms with Crippen molar-refractivity contribution in [2.45, 2.75) is 30.8 Å². The van der Waals surface area contributed by atoms with E-state index in [-0.39, 0.29) is 5.56 Å². The van der Waals surface area contributed by atoms with E-state index in [4.69, 9.17) is 21.9 Å². The third-order valence-electron chi connectivity index (χ3n) is 4.70. The Kier molecular flexibility index (Phi) is 5.56. The largest absolute Gasteiger partial charge is 0.497 e. The maximum atomic E-state index is 13.3. The Bertz CT molecular complexity index is 1090. The van der Waals surface area contributed by atoms with Gasteiger partial charge >= 0.3 is 0 Å². The highest BCUT2D eigenvalue weighted by Gasteiger charge is 2.22. The molecule has 0 spiro atoms. The van der Waals surface area contributed by atoms with Crippen LogP contribution < -0.4 is 21.0 Å². The van der Waals surface area contributed by atoms with Crippen LogP contribution in [-0.2, 0) is 12.8 Å². The molecule has 28 heavy (non-hydrogen) atoms. The van der Waals surface area contributed by atoms with Crippen molar-refractivity contribution in [2.24, 2.45) is 0 Å². The van der Waals surface area contributed by atoms with Gasteiger partial charge in [0.05, 0.1) is 12.5 Å². The molecule has 4 rings (SSSR count). The smallest absolute Gasteiger partial charge is 0.282 e. The number of ether oxygens (including phenoxy) is 1. The number of rotatable bonds is 4. The summed E-state index contributed by atoms with van der Waals surface area (Å²) in [5.74, 6) is 0.766. The summed E-state index contributed by atoms with van der Waals surface area (Å²) in [5.41, 5.74) is 4.89. The average molecular weight is 433 g/mol. The Hall–Kier alpha value is -2.10. The van der Waals surface area contributed by atoms with Gasteiger partial charge in [0.1, 0.15) is 10.6 Å². The van der Waals surface area contributed by atoms with Crippen LogP contribution in [0.3, 0.4) is 0 Å². The molecular formula is C19H20N4O2S3. The van der Waals surface area contributed by atoms with Crippen LogP contribution in [0, 0.1) is 0 Å². The minimum atomic E-state index is -0.0902. The molecule has 1 aliphatic rings. The minimum Gasteiger partial charge on any atom is -0.497 e. The Morgan fingerprint density at radius 1 is 1.29 bits per heavy atom. The lowest BCUT2D eigenvalue weighted by Gasteiger charge is -2.15. The van der Waals surface area contributed by atoms with Crippen molar-refractivity contribution in [1.29, 1.82) is 0 Å². The SMILES string of the molecule is COc1ccc(NC(=S)Nn2c(SC)nc3sc4c(c3c2=O)CCCC4)cc1. The van der Waals surface area contributed by atoms with Crippen molar-refractivity contribution < 1.29 is 4.74 Å². The highest BCUT2D eigenvalue weighted by molar-refractivity contribution is 7.98. The molecule has 0 saturated heterocycles. The molecule has 0 atom stereocenters. The van der Waals surface area contributed by atoms with Gasteiger partial charge in [0, 0.05) is 10.6 Å². The van der Waals surface area contributed by atoms with Gasteiger partial charge in [-0.3, -0.25) is 10.2 Å². The third-order valence-corrected chi connectivity index (χ3v) is 6.72. The lowest BCUT2D eigenvalue weighted by molar-refractivity contribution is 0.415. The first kappa shape index (κ1) is 19.2. The van der Waals surface area contributed by atoms with Gasteiger partial charge in [0.15, 0.2) is 10.3 Å². The van der Waals surface area contributed by atoms with Crippen LogP contribution in [0.25, 0.3) is 10.2 Å². The van der Waals surface area contributed by atoms with Gasteiger partial charge in [-0.15, -0.1) is 11.3 Å². The van der Waals surface area contributed by atoms with Crippen molar-refractivity contribution in [2.75, 3.05) is 24.1 Å². The molecule has 1 aliphatic carbocycles. The number of hydrogen-bond donors (Lipinski definition) is 2. The van der Waals surface area contributed by atoms with Crippen LogP contribution in [0.2, 0.25) is 0 Å². The lowest BCUT2D eigenvalue weighted by atomic mass is 9.97. The maximum Gasteiger partial charge on any atom is 0.282 e. The highest BCUT2D eigenvalue weighted by atomic mass is 32.2. The molecular weight excluding hydrogens is 412 g/mol. The molecule has 0 amide bonds. The van der Waals surface area contributed by atoms with E-state index in [9.17, 15) is 4.79 Å². The fourth-order valence-corrected chi connectivity index (χ4v) is 5.37. The number of nitrogens with zero attached hydrogens (tertiary/aromatic N) is 2. The number of thiocarbonyl (C=S) groups is 1. The molecule has 0 aliphatic heterocycles. The number of aromatic nitrogens is 2. The second kappa shape index (κ2) is 8.10. The second-order valence-electron chi connectivity index (χ2n) is 6.42. The lowest BCUT2D eigenvalue weighted by Crippen LogP contribution is -2.37. The summed E-state index contributed by atoms with van der Waals surface area (Å²) in [6.45, 7) is 0. The monoisotopic (exact) mass is 432 g/mol. The number of methoxy groups -OCH3 is 1. The molecule has 9 heteroatoms. The molecule has 0 radical (unpaired) electrons. The molecule has 0 saturated carbocycles. The molecule has 2 aromatic heterocycles. The number of hydrogen-bond acceptors (Lipinski definition) is 6. The number of anilines is 1. The van der Waals surface area contributed by atoms with E-state index in [0.717, 1.165) is 40.9 Å². The summed E-state index contributed by atoms with van der Waals surface area (Å²) in [5, 5.41) is 4.75. The molecule has 2 heterocycles. The molecule has 0 bridgehead atoms. The molecule has 1 aromatic carbocycles. The van der Waals surface area contributed by atoms with Crippen molar-refractivity contribution in [3.8, 4) is 5.75 Å². The molecule has 6 nitrogen and oxygen atoms in total. The number of thioether (sulfide) groups is 1. The predicted molar refractivity (Wildman–Crippen MR) is 121 cm³/mol. The van der Waals surface area contributed by atoms with Crippen molar-refractivity contribution in [1.82, 2.24) is 9.66 Å². The topological polar surface area (TPSA) is 68.2 Å². The Morgan fingerprint density at radius 3 is 2.75 bits per heavy atom. The second-order valence-corrected chi connectivity index (χ2v) is 8.69. The van der Waals surface area contributed by atoms with Gasteiger partial charge in [-0.2, -0.15) is 4.68 Å². The molecule has 146 valence electrons. The first-order valence-electron chi connectivity index (χ1n) is 8.94. The zero-order chi connectivity index (χ0) is 19.7. The van der Waals surface area contributed by atoms with Crippen LogP contribution in [0.4, 0.5) is 5.69 Å². The summed E-state index contributed by atoms with van der Waals surface area (Å²) in [7, 11) is 1.62. The standard InChI is InChI=1S/C19H20N4O2S3/c1-25-12-9-7-11(8-10-12)20-18(26)22-23-17(24)15-13-5-3-4-6-14(13)28-16(15)21-19(23)27-2/h7-10H,3-6H2,1-2H3,(H2,20,22,26). The zero-order valence-corrected chi connectivity index (χ0v) is 18.0. The third kappa shape index (κ3) is 3.61. The Morgan fingerprint density at radius 2 is 2.04 bits per heavy atom. The summed E-state index contributed by atoms with van der Waals surface area (Å²) in [6.07, 6.45) is 6.18. The van der Waals surface area contributed by atoms with Crippen LogP contribution in [0.1, 0.15) is 23.3 Å². The molecule has 0 unspecified atom stereocenters. The first-order valence-corrected chi connectivity index (χ1v) is 11.4. The van der Waals surface area contributed by atoms with Gasteiger partial charge in [-0.1, -0.05) is 11.8 Å². The average Bonchev–Trinajstić information content (AvgIpc) is 3.09. The van der Waals surface area contributed by atoms with Gasteiger partial charge in [-0.05, 0) is 74.0 Å². The fourth-order valence-electron chi connectivity index (χ4n) is 3.36. The quantitative estimate of drug-likeness (QED) is 0.367.